The van der Waals surface area contributed by atoms with Gasteiger partial charge in [-0.2, -0.15) is 0 Å². The van der Waals surface area contributed by atoms with Crippen LogP contribution in [-0.4, -0.2) is 25.5 Å². The number of rotatable bonds is 4. The first-order valence-electron chi connectivity index (χ1n) is 5.01. The van der Waals surface area contributed by atoms with Crippen molar-refractivity contribution in [3.8, 4) is 0 Å². The van der Waals surface area contributed by atoms with Gasteiger partial charge >= 0.3 is 5.97 Å². The number of esters is 1. The zero-order valence-corrected chi connectivity index (χ0v) is 9.36. The smallest absolute Gasteiger partial charge is 0.309 e. The molecule has 0 N–H and O–H groups in total. The molecular weight excluding hydrogens is 208 g/mol. The summed E-state index contributed by atoms with van der Waals surface area (Å²) >= 11 is 0. The minimum Gasteiger partial charge on any atom is -0.493 e. The summed E-state index contributed by atoms with van der Waals surface area (Å²) in [7, 11) is 1.44. The predicted octanol–water partition coefficient (Wildman–Crippen LogP) is 1.54. The Morgan fingerprint density at radius 1 is 1.44 bits per heavy atom. The Bertz CT molecular complexity index is 374. The van der Waals surface area contributed by atoms with E-state index >= 15 is 0 Å². The number of allylic oxidation sites excluding steroid dienone is 4. The summed E-state index contributed by atoms with van der Waals surface area (Å²) in [6, 6.07) is 0. The first kappa shape index (κ1) is 12.2. The second-order valence-corrected chi connectivity index (χ2v) is 3.12. The Hall–Kier alpha value is -1.84. The van der Waals surface area contributed by atoms with Gasteiger partial charge in [0.1, 0.15) is 0 Å². The fraction of sp³-hybridized carbons (Fsp3) is 0.333. The highest BCUT2D eigenvalue weighted by Crippen LogP contribution is 2.14. The average molecular weight is 222 g/mol. The number of carbonyl (C=O) groups excluding carboxylic acids is 2. The van der Waals surface area contributed by atoms with Crippen molar-refractivity contribution in [3.05, 3.63) is 35.6 Å². The monoisotopic (exact) mass is 222 g/mol. The summed E-state index contributed by atoms with van der Waals surface area (Å²) in [6.45, 7) is 2.13. The fourth-order valence-corrected chi connectivity index (χ4v) is 1.23. The van der Waals surface area contributed by atoms with Crippen LogP contribution in [0.5, 0.6) is 0 Å². The van der Waals surface area contributed by atoms with E-state index in [0.29, 0.717) is 6.61 Å². The highest BCUT2D eigenvalue weighted by Gasteiger charge is 2.11. The van der Waals surface area contributed by atoms with E-state index in [2.05, 4.69) is 0 Å². The SMILES string of the molecule is CCOC(=O)C/C=C1\C=CC(=O)C(OC)=C1. The lowest BCUT2D eigenvalue weighted by atomic mass is 10.1. The van der Waals surface area contributed by atoms with E-state index in [1.54, 1.807) is 25.2 Å². The van der Waals surface area contributed by atoms with Crippen LogP contribution in [0.25, 0.3) is 0 Å². The summed E-state index contributed by atoms with van der Waals surface area (Å²) in [6.07, 6.45) is 6.54. The molecule has 0 heterocycles. The van der Waals surface area contributed by atoms with Crippen LogP contribution >= 0.6 is 0 Å². The number of hydrogen-bond acceptors (Lipinski definition) is 4. The third kappa shape index (κ3) is 3.38. The van der Waals surface area contributed by atoms with Crippen LogP contribution in [0.1, 0.15) is 13.3 Å². The highest BCUT2D eigenvalue weighted by molar-refractivity contribution is 6.04. The molecule has 1 rings (SSSR count). The Labute approximate surface area is 94.2 Å². The van der Waals surface area contributed by atoms with Gasteiger partial charge in [0.25, 0.3) is 0 Å². The van der Waals surface area contributed by atoms with Gasteiger partial charge < -0.3 is 9.47 Å². The molecule has 0 atom stereocenters. The Balaban J connectivity index is 2.64. The van der Waals surface area contributed by atoms with Gasteiger partial charge in [-0.3, -0.25) is 9.59 Å². The van der Waals surface area contributed by atoms with E-state index in [0.717, 1.165) is 5.57 Å². The van der Waals surface area contributed by atoms with E-state index in [9.17, 15) is 9.59 Å². The van der Waals surface area contributed by atoms with Gasteiger partial charge in [0.05, 0.1) is 20.1 Å². The molecule has 4 nitrogen and oxygen atoms in total. The zero-order valence-electron chi connectivity index (χ0n) is 9.36. The minimum absolute atomic E-state index is 0.171. The molecule has 16 heavy (non-hydrogen) atoms. The molecule has 0 radical (unpaired) electrons. The van der Waals surface area contributed by atoms with Crippen molar-refractivity contribution in [3.63, 3.8) is 0 Å². The fourth-order valence-electron chi connectivity index (χ4n) is 1.23. The maximum Gasteiger partial charge on any atom is 0.309 e. The molecule has 0 bridgehead atoms. The van der Waals surface area contributed by atoms with Gasteiger partial charge in [-0.15, -0.1) is 0 Å². The second kappa shape index (κ2) is 5.90. The number of ketones is 1. The van der Waals surface area contributed by atoms with E-state index in [4.69, 9.17) is 9.47 Å². The summed E-state index contributed by atoms with van der Waals surface area (Å²) in [5.74, 6) is -0.180. The summed E-state index contributed by atoms with van der Waals surface area (Å²) in [5.41, 5.74) is 0.768. The number of carbonyl (C=O) groups is 2. The van der Waals surface area contributed by atoms with Crippen molar-refractivity contribution in [1.29, 1.82) is 0 Å². The van der Waals surface area contributed by atoms with Gasteiger partial charge in [-0.05, 0) is 24.6 Å². The maximum atomic E-state index is 11.2. The van der Waals surface area contributed by atoms with Crippen LogP contribution in [0.2, 0.25) is 0 Å². The molecule has 0 aromatic carbocycles. The lowest BCUT2D eigenvalue weighted by Gasteiger charge is -2.07. The van der Waals surface area contributed by atoms with Crippen molar-refractivity contribution in [2.45, 2.75) is 13.3 Å². The normalized spacial score (nSPS) is 17.2. The number of hydrogen-bond donors (Lipinski definition) is 0. The van der Waals surface area contributed by atoms with E-state index in [1.807, 2.05) is 0 Å². The third-order valence-corrected chi connectivity index (χ3v) is 2.00. The molecule has 0 saturated carbocycles. The van der Waals surface area contributed by atoms with Crippen molar-refractivity contribution in [1.82, 2.24) is 0 Å². The molecule has 1 aliphatic rings. The Morgan fingerprint density at radius 2 is 2.19 bits per heavy atom. The number of ether oxygens (including phenoxy) is 2. The van der Waals surface area contributed by atoms with E-state index in [-0.39, 0.29) is 23.9 Å². The van der Waals surface area contributed by atoms with Crippen molar-refractivity contribution >= 4 is 11.8 Å². The van der Waals surface area contributed by atoms with Crippen LogP contribution < -0.4 is 0 Å². The van der Waals surface area contributed by atoms with Crippen LogP contribution in [0.3, 0.4) is 0 Å². The third-order valence-electron chi connectivity index (χ3n) is 2.00. The summed E-state index contributed by atoms with van der Waals surface area (Å²) in [5, 5.41) is 0. The lowest BCUT2D eigenvalue weighted by molar-refractivity contribution is -0.142. The molecule has 0 aliphatic heterocycles. The van der Waals surface area contributed by atoms with Crippen molar-refractivity contribution in [2.75, 3.05) is 13.7 Å². The van der Waals surface area contributed by atoms with Gasteiger partial charge in [0.2, 0.25) is 5.78 Å². The lowest BCUT2D eigenvalue weighted by Crippen LogP contribution is -2.06. The van der Waals surface area contributed by atoms with E-state index in [1.165, 1.54) is 13.2 Å². The molecule has 1 aliphatic carbocycles. The molecular formula is C12H14O4. The van der Waals surface area contributed by atoms with E-state index < -0.39 is 0 Å². The van der Waals surface area contributed by atoms with Gasteiger partial charge in [0, 0.05) is 0 Å². The molecule has 0 amide bonds. The van der Waals surface area contributed by atoms with Crippen LogP contribution in [0.4, 0.5) is 0 Å². The largest absolute Gasteiger partial charge is 0.493 e. The van der Waals surface area contributed by atoms with Crippen LogP contribution in [0, 0.1) is 0 Å². The highest BCUT2D eigenvalue weighted by atomic mass is 16.5. The number of methoxy groups -OCH3 is 1. The summed E-state index contributed by atoms with van der Waals surface area (Å²) < 4.78 is 9.67. The van der Waals surface area contributed by atoms with Crippen LogP contribution in [0.15, 0.2) is 35.6 Å². The predicted molar refractivity (Wildman–Crippen MR) is 58.6 cm³/mol. The molecule has 4 heteroatoms. The quantitative estimate of drug-likeness (QED) is 0.677. The maximum absolute atomic E-state index is 11.2. The van der Waals surface area contributed by atoms with Crippen molar-refractivity contribution < 1.29 is 19.1 Å². The van der Waals surface area contributed by atoms with Gasteiger partial charge in [-0.1, -0.05) is 12.2 Å². The topological polar surface area (TPSA) is 52.6 Å². The molecule has 0 aromatic heterocycles. The average Bonchev–Trinajstić information content (AvgIpc) is 2.28. The van der Waals surface area contributed by atoms with Gasteiger partial charge in [-0.25, -0.2) is 0 Å². The zero-order chi connectivity index (χ0) is 12.0. The standard InChI is InChI=1S/C12H14O4/c1-3-16-12(14)7-5-9-4-6-10(13)11(8-9)15-2/h4-6,8H,3,7H2,1-2H3/b9-5+. The molecule has 0 aromatic rings. The van der Waals surface area contributed by atoms with Crippen molar-refractivity contribution in [2.24, 2.45) is 0 Å². The molecule has 0 unspecified atom stereocenters. The molecule has 86 valence electrons. The first-order chi connectivity index (χ1) is 7.67. The van der Waals surface area contributed by atoms with Gasteiger partial charge in [0.15, 0.2) is 5.76 Å². The second-order valence-electron chi connectivity index (χ2n) is 3.12. The molecule has 0 spiro atoms. The Morgan fingerprint density at radius 3 is 2.81 bits per heavy atom. The molecule has 0 saturated heterocycles. The van der Waals surface area contributed by atoms with Crippen LogP contribution in [-0.2, 0) is 19.1 Å². The minimum atomic E-state index is -0.285. The Kier molecular flexibility index (Phi) is 4.51. The first-order valence-corrected chi connectivity index (χ1v) is 5.01. The summed E-state index contributed by atoms with van der Waals surface area (Å²) in [4.78, 5) is 22.3. The molecule has 0 fully saturated rings.